The summed E-state index contributed by atoms with van der Waals surface area (Å²) < 4.78 is 10.0. The van der Waals surface area contributed by atoms with E-state index in [1.807, 2.05) is 30.3 Å². The molecule has 1 aromatic heterocycles. The topological polar surface area (TPSA) is 88.4 Å². The molecule has 0 unspecified atom stereocenters. The fraction of sp³-hybridized carbons (Fsp3) is 0.235. The van der Waals surface area contributed by atoms with Gasteiger partial charge in [0.05, 0.1) is 12.7 Å². The maximum absolute atomic E-state index is 11.7. The number of benzene rings is 1. The molecule has 0 spiro atoms. The number of carbonyl (C=O) groups excluding carboxylic acids is 2. The lowest BCUT2D eigenvalue weighted by Gasteiger charge is -2.06. The van der Waals surface area contributed by atoms with Crippen LogP contribution in [0.2, 0.25) is 0 Å². The maximum Gasteiger partial charge on any atom is 0.306 e. The molecule has 1 N–H and O–H groups in total. The van der Waals surface area contributed by atoms with Crippen molar-refractivity contribution in [3.63, 3.8) is 0 Å². The first kappa shape index (κ1) is 17.5. The van der Waals surface area contributed by atoms with Gasteiger partial charge in [-0.05, 0) is 35.6 Å². The Hall–Kier alpha value is -2.85. The van der Waals surface area contributed by atoms with E-state index in [2.05, 4.69) is 5.32 Å². The summed E-state index contributed by atoms with van der Waals surface area (Å²) in [6.07, 6.45) is 0.704. The fourth-order valence-corrected chi connectivity index (χ4v) is 2.67. The average Bonchev–Trinajstić information content (AvgIpc) is 3.05. The molecule has 6 nitrogen and oxygen atoms in total. The van der Waals surface area contributed by atoms with Gasteiger partial charge in [0.1, 0.15) is 16.8 Å². The summed E-state index contributed by atoms with van der Waals surface area (Å²) in [6, 6.07) is 11.0. The molecular formula is C17H16N2O4S. The molecule has 2 rings (SSSR count). The number of methoxy groups -OCH3 is 1. The van der Waals surface area contributed by atoms with E-state index < -0.39 is 11.9 Å². The number of nitriles is 1. The number of esters is 1. The van der Waals surface area contributed by atoms with Gasteiger partial charge in [0, 0.05) is 6.42 Å². The summed E-state index contributed by atoms with van der Waals surface area (Å²) in [5.74, 6) is -0.164. The third kappa shape index (κ3) is 5.11. The highest BCUT2D eigenvalue weighted by Gasteiger charge is 2.11. The van der Waals surface area contributed by atoms with Crippen LogP contribution in [0.3, 0.4) is 0 Å². The molecule has 0 atom stereocenters. The zero-order chi connectivity index (χ0) is 17.4. The Morgan fingerprint density at radius 2 is 2.00 bits per heavy atom. The number of anilines is 1. The van der Waals surface area contributed by atoms with E-state index >= 15 is 0 Å². The second kappa shape index (κ2) is 8.70. The second-order valence-corrected chi connectivity index (χ2v) is 5.75. The summed E-state index contributed by atoms with van der Waals surface area (Å²) in [6.45, 7) is -0.371. The molecule has 0 saturated carbocycles. The van der Waals surface area contributed by atoms with E-state index in [1.54, 1.807) is 18.6 Å². The van der Waals surface area contributed by atoms with Crippen molar-refractivity contribution in [2.75, 3.05) is 19.0 Å². The van der Waals surface area contributed by atoms with Crippen LogP contribution >= 0.6 is 11.3 Å². The van der Waals surface area contributed by atoms with Crippen LogP contribution in [0.4, 0.5) is 5.00 Å². The van der Waals surface area contributed by atoms with Gasteiger partial charge in [-0.15, -0.1) is 11.3 Å². The van der Waals surface area contributed by atoms with Crippen molar-refractivity contribution in [2.45, 2.75) is 12.8 Å². The van der Waals surface area contributed by atoms with Crippen LogP contribution in [-0.4, -0.2) is 25.6 Å². The molecule has 0 aliphatic heterocycles. The molecule has 124 valence electrons. The molecule has 0 saturated heterocycles. The number of rotatable bonds is 7. The first-order chi connectivity index (χ1) is 11.6. The van der Waals surface area contributed by atoms with Gasteiger partial charge in [0.2, 0.25) is 0 Å². The Balaban J connectivity index is 1.72. The quantitative estimate of drug-likeness (QED) is 0.780. The van der Waals surface area contributed by atoms with Crippen LogP contribution < -0.4 is 10.1 Å². The molecule has 1 aromatic carbocycles. The minimum Gasteiger partial charge on any atom is -0.497 e. The number of nitrogens with zero attached hydrogens (tertiary/aromatic N) is 1. The molecule has 0 fully saturated rings. The molecule has 1 amide bonds. The lowest BCUT2D eigenvalue weighted by molar-refractivity contribution is -0.147. The zero-order valence-corrected chi connectivity index (χ0v) is 13.9. The van der Waals surface area contributed by atoms with Crippen molar-refractivity contribution < 1.29 is 19.1 Å². The number of thiophene rings is 1. The molecule has 0 bridgehead atoms. The third-order valence-corrected chi connectivity index (χ3v) is 4.01. The van der Waals surface area contributed by atoms with Gasteiger partial charge in [0.15, 0.2) is 6.61 Å². The molecule has 0 aliphatic rings. The van der Waals surface area contributed by atoms with Gasteiger partial charge < -0.3 is 14.8 Å². The predicted octanol–water partition coefficient (Wildman–Crippen LogP) is 2.74. The summed E-state index contributed by atoms with van der Waals surface area (Å²) in [5, 5.41) is 13.6. The lowest BCUT2D eigenvalue weighted by atomic mass is 10.1. The van der Waals surface area contributed by atoms with E-state index in [1.165, 1.54) is 11.3 Å². The van der Waals surface area contributed by atoms with Gasteiger partial charge in [-0.3, -0.25) is 9.59 Å². The van der Waals surface area contributed by atoms with Crippen LogP contribution in [0.25, 0.3) is 0 Å². The minimum absolute atomic E-state index is 0.183. The van der Waals surface area contributed by atoms with Crippen LogP contribution in [0.5, 0.6) is 5.75 Å². The summed E-state index contributed by atoms with van der Waals surface area (Å²) in [5.41, 5.74) is 1.37. The van der Waals surface area contributed by atoms with Crippen LogP contribution in [0, 0.1) is 11.3 Å². The number of carbonyl (C=O) groups is 2. The average molecular weight is 344 g/mol. The van der Waals surface area contributed by atoms with Gasteiger partial charge >= 0.3 is 5.97 Å². The van der Waals surface area contributed by atoms with Crippen molar-refractivity contribution in [1.29, 1.82) is 5.26 Å². The van der Waals surface area contributed by atoms with Gasteiger partial charge in [-0.25, -0.2) is 0 Å². The molecule has 0 aliphatic carbocycles. The maximum atomic E-state index is 11.7. The normalized spacial score (nSPS) is 9.83. The number of aryl methyl sites for hydroxylation is 1. The highest BCUT2D eigenvalue weighted by molar-refractivity contribution is 7.14. The molecule has 0 radical (unpaired) electrons. The standard InChI is InChI=1S/C17H16N2O4S/c1-22-14-5-2-12(3-6-14)4-7-16(21)23-11-15(20)19-17-13(10-18)8-9-24-17/h2-3,5-6,8-9H,4,7,11H2,1H3,(H,19,20). The molecular weight excluding hydrogens is 328 g/mol. The zero-order valence-electron chi connectivity index (χ0n) is 13.1. The van der Waals surface area contributed by atoms with Crippen molar-refractivity contribution in [2.24, 2.45) is 0 Å². The summed E-state index contributed by atoms with van der Waals surface area (Å²) in [4.78, 5) is 23.4. The Kier molecular flexibility index (Phi) is 6.34. The number of hydrogen-bond donors (Lipinski definition) is 1. The first-order valence-corrected chi connectivity index (χ1v) is 8.06. The lowest BCUT2D eigenvalue weighted by Crippen LogP contribution is -2.20. The van der Waals surface area contributed by atoms with Gasteiger partial charge in [-0.1, -0.05) is 12.1 Å². The highest BCUT2D eigenvalue weighted by Crippen LogP contribution is 2.21. The summed E-state index contributed by atoms with van der Waals surface area (Å²) in [7, 11) is 1.59. The Bertz CT molecular complexity index is 747. The smallest absolute Gasteiger partial charge is 0.306 e. The van der Waals surface area contributed by atoms with Gasteiger partial charge in [0.25, 0.3) is 5.91 Å². The number of nitrogens with one attached hydrogen (secondary N) is 1. The van der Waals surface area contributed by atoms with Crippen molar-refractivity contribution in [1.82, 2.24) is 0 Å². The van der Waals surface area contributed by atoms with E-state index in [0.29, 0.717) is 17.0 Å². The van der Waals surface area contributed by atoms with E-state index in [9.17, 15) is 9.59 Å². The largest absolute Gasteiger partial charge is 0.497 e. The molecule has 1 heterocycles. The second-order valence-electron chi connectivity index (χ2n) is 4.83. The van der Waals surface area contributed by atoms with E-state index in [-0.39, 0.29) is 13.0 Å². The van der Waals surface area contributed by atoms with Crippen LogP contribution in [-0.2, 0) is 20.7 Å². The first-order valence-electron chi connectivity index (χ1n) is 7.18. The number of ether oxygens (including phenoxy) is 2. The predicted molar refractivity (Wildman–Crippen MR) is 89.9 cm³/mol. The van der Waals surface area contributed by atoms with Gasteiger partial charge in [-0.2, -0.15) is 5.26 Å². The molecule has 2 aromatic rings. The monoisotopic (exact) mass is 344 g/mol. The van der Waals surface area contributed by atoms with E-state index in [4.69, 9.17) is 14.7 Å². The SMILES string of the molecule is COc1ccc(CCC(=O)OCC(=O)Nc2sccc2C#N)cc1. The van der Waals surface area contributed by atoms with Crippen molar-refractivity contribution in [3.05, 3.63) is 46.8 Å². The minimum atomic E-state index is -0.466. The third-order valence-electron chi connectivity index (χ3n) is 3.18. The Labute approximate surface area is 143 Å². The Morgan fingerprint density at radius 1 is 1.25 bits per heavy atom. The molecule has 7 heteroatoms. The van der Waals surface area contributed by atoms with Crippen LogP contribution in [0.15, 0.2) is 35.7 Å². The van der Waals surface area contributed by atoms with E-state index in [0.717, 1.165) is 11.3 Å². The van der Waals surface area contributed by atoms with Crippen molar-refractivity contribution >= 4 is 28.2 Å². The number of hydrogen-bond acceptors (Lipinski definition) is 6. The Morgan fingerprint density at radius 3 is 2.67 bits per heavy atom. The van der Waals surface area contributed by atoms with Crippen LogP contribution in [0.1, 0.15) is 17.5 Å². The fourth-order valence-electron chi connectivity index (χ4n) is 1.91. The highest BCUT2D eigenvalue weighted by atomic mass is 32.1. The summed E-state index contributed by atoms with van der Waals surface area (Å²) >= 11 is 1.24. The molecule has 24 heavy (non-hydrogen) atoms. The van der Waals surface area contributed by atoms with Crippen molar-refractivity contribution in [3.8, 4) is 11.8 Å². The number of amides is 1.